The molecule has 2 rings (SSSR count). The summed E-state index contributed by atoms with van der Waals surface area (Å²) < 4.78 is 0.381. The topological polar surface area (TPSA) is 73.1 Å². The molecule has 6 heteroatoms. The van der Waals surface area contributed by atoms with E-state index in [0.717, 1.165) is 0 Å². The fourth-order valence-electron chi connectivity index (χ4n) is 1.70. The number of anilines is 1. The van der Waals surface area contributed by atoms with Crippen molar-refractivity contribution >= 4 is 45.2 Å². The smallest absolute Gasteiger partial charge is 0.266 e. The molecule has 0 saturated heterocycles. The number of aromatic hydroxyl groups is 1. The number of phenolic OH excluding ortho intramolecular Hbond substituents is 1. The molecule has 22 heavy (non-hydrogen) atoms. The lowest BCUT2D eigenvalue weighted by molar-refractivity contribution is -0.112. The van der Waals surface area contributed by atoms with Crippen molar-refractivity contribution in [3.05, 3.63) is 63.1 Å². The highest BCUT2D eigenvalue weighted by Gasteiger charge is 2.11. The van der Waals surface area contributed by atoms with Crippen molar-refractivity contribution in [3.8, 4) is 11.8 Å². The predicted octanol–water partition coefficient (Wildman–Crippen LogP) is 4.35. The molecule has 0 radical (unpaired) electrons. The van der Waals surface area contributed by atoms with E-state index in [1.54, 1.807) is 30.3 Å². The van der Waals surface area contributed by atoms with Crippen LogP contribution >= 0.6 is 27.5 Å². The van der Waals surface area contributed by atoms with Gasteiger partial charge in [-0.3, -0.25) is 4.79 Å². The molecule has 0 unspecified atom stereocenters. The molecule has 0 heterocycles. The Morgan fingerprint density at radius 3 is 2.59 bits per heavy atom. The average Bonchev–Trinajstić information content (AvgIpc) is 2.51. The first-order valence-corrected chi connectivity index (χ1v) is 7.34. The zero-order chi connectivity index (χ0) is 16.1. The molecule has 4 nitrogen and oxygen atoms in total. The van der Waals surface area contributed by atoms with Gasteiger partial charge in [-0.1, -0.05) is 29.8 Å². The third kappa shape index (κ3) is 3.88. The van der Waals surface area contributed by atoms with Gasteiger partial charge < -0.3 is 10.4 Å². The molecule has 110 valence electrons. The van der Waals surface area contributed by atoms with Gasteiger partial charge in [0.25, 0.3) is 5.91 Å². The van der Waals surface area contributed by atoms with Gasteiger partial charge in [-0.2, -0.15) is 5.26 Å². The number of hydrogen-bond acceptors (Lipinski definition) is 3. The van der Waals surface area contributed by atoms with Crippen molar-refractivity contribution in [2.45, 2.75) is 0 Å². The molecule has 0 bridgehead atoms. The molecule has 0 spiro atoms. The van der Waals surface area contributed by atoms with E-state index in [0.29, 0.717) is 15.7 Å². The lowest BCUT2D eigenvalue weighted by Gasteiger charge is -2.05. The molecule has 0 fully saturated rings. The lowest BCUT2D eigenvalue weighted by atomic mass is 10.1. The van der Waals surface area contributed by atoms with Gasteiger partial charge in [0.15, 0.2) is 0 Å². The fraction of sp³-hybridized carbons (Fsp3) is 0. The van der Waals surface area contributed by atoms with Crippen molar-refractivity contribution in [2.75, 3.05) is 5.32 Å². The number of carbonyl (C=O) groups excluding carboxylic acids is 1. The van der Waals surface area contributed by atoms with Crippen LogP contribution in [0.5, 0.6) is 5.75 Å². The van der Waals surface area contributed by atoms with E-state index in [1.807, 2.05) is 12.1 Å². The van der Waals surface area contributed by atoms with Crippen LogP contribution in [0.15, 0.2) is 52.5 Å². The molecule has 0 saturated carbocycles. The Bertz CT molecular complexity index is 759. The third-order valence-corrected chi connectivity index (χ3v) is 3.64. The number of rotatable bonds is 3. The number of amides is 1. The second kappa shape index (κ2) is 7.12. The molecule has 2 N–H and O–H groups in total. The second-order valence-electron chi connectivity index (χ2n) is 4.32. The maximum atomic E-state index is 12.1. The number of nitrogens with one attached hydrogen (secondary N) is 1. The summed E-state index contributed by atoms with van der Waals surface area (Å²) in [5.74, 6) is -0.611. The van der Waals surface area contributed by atoms with E-state index in [9.17, 15) is 9.90 Å². The third-order valence-electron chi connectivity index (χ3n) is 2.75. The van der Waals surface area contributed by atoms with Gasteiger partial charge in [0, 0.05) is 5.69 Å². The predicted molar refractivity (Wildman–Crippen MR) is 89.5 cm³/mol. The number of phenols is 1. The van der Waals surface area contributed by atoms with E-state index in [2.05, 4.69) is 21.2 Å². The Labute approximate surface area is 140 Å². The number of nitrogens with zero attached hydrogens (tertiary/aromatic N) is 1. The lowest BCUT2D eigenvalue weighted by Crippen LogP contribution is -2.13. The standard InChI is InChI=1S/C16H10BrClN2O2/c17-13-7-10(8-14(18)15(13)21)6-11(9-19)16(22)20-12-4-2-1-3-5-12/h1-8,21H,(H,20,22)/b11-6-. The van der Waals surface area contributed by atoms with E-state index < -0.39 is 5.91 Å². The maximum Gasteiger partial charge on any atom is 0.266 e. The van der Waals surface area contributed by atoms with Gasteiger partial charge in [-0.25, -0.2) is 0 Å². The van der Waals surface area contributed by atoms with Crippen molar-refractivity contribution in [2.24, 2.45) is 0 Å². The Morgan fingerprint density at radius 1 is 1.32 bits per heavy atom. The number of benzene rings is 2. The molecule has 2 aromatic carbocycles. The van der Waals surface area contributed by atoms with Gasteiger partial charge in [-0.15, -0.1) is 0 Å². The van der Waals surface area contributed by atoms with Crippen molar-refractivity contribution in [3.63, 3.8) is 0 Å². The number of para-hydroxylation sites is 1. The summed E-state index contributed by atoms with van der Waals surface area (Å²) in [7, 11) is 0. The van der Waals surface area contributed by atoms with Crippen LogP contribution in [0, 0.1) is 11.3 Å². The SMILES string of the molecule is N#C/C(=C/c1cc(Cl)c(O)c(Br)c1)C(=O)Nc1ccccc1. The molecule has 0 aromatic heterocycles. The monoisotopic (exact) mass is 376 g/mol. The molecule has 0 aliphatic heterocycles. The first-order chi connectivity index (χ1) is 10.5. The van der Waals surface area contributed by atoms with Crippen LogP contribution in [0.3, 0.4) is 0 Å². The van der Waals surface area contributed by atoms with Crippen LogP contribution in [0.1, 0.15) is 5.56 Å². The van der Waals surface area contributed by atoms with Crippen LogP contribution in [0.4, 0.5) is 5.69 Å². The highest BCUT2D eigenvalue weighted by Crippen LogP contribution is 2.33. The highest BCUT2D eigenvalue weighted by molar-refractivity contribution is 9.10. The summed E-state index contributed by atoms with van der Waals surface area (Å²) in [6.45, 7) is 0. The summed E-state index contributed by atoms with van der Waals surface area (Å²) in [6, 6.07) is 13.7. The zero-order valence-electron chi connectivity index (χ0n) is 11.2. The molecule has 1 amide bonds. The summed E-state index contributed by atoms with van der Waals surface area (Å²) in [5, 5.41) is 21.5. The van der Waals surface area contributed by atoms with Crippen LogP contribution in [0.2, 0.25) is 5.02 Å². The minimum Gasteiger partial charge on any atom is -0.505 e. The Kier molecular flexibility index (Phi) is 5.21. The van der Waals surface area contributed by atoms with Gasteiger partial charge in [0.1, 0.15) is 17.4 Å². The molecule has 0 aliphatic carbocycles. The quantitative estimate of drug-likeness (QED) is 0.617. The van der Waals surface area contributed by atoms with E-state index >= 15 is 0 Å². The number of carbonyl (C=O) groups is 1. The van der Waals surface area contributed by atoms with E-state index in [1.165, 1.54) is 12.1 Å². The number of halogens is 2. The second-order valence-corrected chi connectivity index (χ2v) is 5.58. The number of nitriles is 1. The molecule has 0 atom stereocenters. The van der Waals surface area contributed by atoms with Gasteiger partial charge in [0.05, 0.1) is 9.50 Å². The number of hydrogen-bond donors (Lipinski definition) is 2. The van der Waals surface area contributed by atoms with Crippen LogP contribution in [-0.2, 0) is 4.79 Å². The largest absolute Gasteiger partial charge is 0.505 e. The average molecular weight is 378 g/mol. The summed E-state index contributed by atoms with van der Waals surface area (Å²) in [5.41, 5.74) is 1.05. The Hall–Kier alpha value is -2.29. The molecule has 0 aliphatic rings. The maximum absolute atomic E-state index is 12.1. The summed E-state index contributed by atoms with van der Waals surface area (Å²) in [4.78, 5) is 12.1. The van der Waals surface area contributed by atoms with Crippen molar-refractivity contribution in [1.82, 2.24) is 0 Å². The Balaban J connectivity index is 2.28. The summed E-state index contributed by atoms with van der Waals surface area (Å²) >= 11 is 9.01. The highest BCUT2D eigenvalue weighted by atomic mass is 79.9. The van der Waals surface area contributed by atoms with Crippen molar-refractivity contribution in [1.29, 1.82) is 5.26 Å². The van der Waals surface area contributed by atoms with E-state index in [4.69, 9.17) is 16.9 Å². The first-order valence-electron chi connectivity index (χ1n) is 6.17. The fourth-order valence-corrected chi connectivity index (χ4v) is 2.52. The van der Waals surface area contributed by atoms with Crippen LogP contribution < -0.4 is 5.32 Å². The normalized spacial score (nSPS) is 10.9. The summed E-state index contributed by atoms with van der Waals surface area (Å²) in [6.07, 6.45) is 1.40. The molecular formula is C16H10BrClN2O2. The van der Waals surface area contributed by atoms with Gasteiger partial charge in [-0.05, 0) is 51.8 Å². The van der Waals surface area contributed by atoms with Crippen LogP contribution in [-0.4, -0.2) is 11.0 Å². The van der Waals surface area contributed by atoms with Gasteiger partial charge in [0.2, 0.25) is 0 Å². The Morgan fingerprint density at radius 2 is 2.00 bits per heavy atom. The first kappa shape index (κ1) is 16.1. The zero-order valence-corrected chi connectivity index (χ0v) is 13.5. The van der Waals surface area contributed by atoms with Crippen LogP contribution in [0.25, 0.3) is 6.08 Å². The van der Waals surface area contributed by atoms with E-state index in [-0.39, 0.29) is 16.3 Å². The van der Waals surface area contributed by atoms with Gasteiger partial charge >= 0.3 is 0 Å². The minimum absolute atomic E-state index is 0.0718. The molecular weight excluding hydrogens is 368 g/mol. The minimum atomic E-state index is -0.519. The van der Waals surface area contributed by atoms with Crippen molar-refractivity contribution < 1.29 is 9.90 Å². The molecule has 2 aromatic rings.